The number of anilines is 2. The highest BCUT2D eigenvalue weighted by Crippen LogP contribution is 2.25. The van der Waals surface area contributed by atoms with Crippen LogP contribution in [0.4, 0.5) is 11.5 Å². The Labute approximate surface area is 204 Å². The monoisotopic (exact) mass is 486 g/mol. The number of rotatable bonds is 8. The molecule has 0 atom stereocenters. The number of nitrogens with one attached hydrogen (secondary N) is 1. The van der Waals surface area contributed by atoms with E-state index in [1.807, 2.05) is 78.2 Å². The number of H-pyrrole nitrogens is 1. The average molecular weight is 487 g/mol. The third kappa shape index (κ3) is 4.92. The Morgan fingerprint density at radius 2 is 1.66 bits per heavy atom. The van der Waals surface area contributed by atoms with E-state index in [0.717, 1.165) is 16.0 Å². The molecule has 0 aliphatic heterocycles. The van der Waals surface area contributed by atoms with E-state index >= 15 is 0 Å². The van der Waals surface area contributed by atoms with Gasteiger partial charge in [0.15, 0.2) is 0 Å². The van der Waals surface area contributed by atoms with Crippen LogP contribution in [0.3, 0.4) is 0 Å². The molecule has 35 heavy (non-hydrogen) atoms. The Balaban J connectivity index is 1.55. The van der Waals surface area contributed by atoms with Crippen LogP contribution in [0.5, 0.6) is 0 Å². The van der Waals surface area contributed by atoms with Crippen LogP contribution in [0, 0.1) is 0 Å². The smallest absolute Gasteiger partial charge is 0.330 e. The summed E-state index contributed by atoms with van der Waals surface area (Å²) in [7, 11) is 0. The molecule has 10 heteroatoms. The average Bonchev–Trinajstić information content (AvgIpc) is 3.55. The molecule has 0 fully saturated rings. The third-order valence-corrected chi connectivity index (χ3v) is 6.33. The fraction of sp³-hybridized carbons (Fsp3) is 0.120. The first-order valence-electron chi connectivity index (χ1n) is 10.9. The van der Waals surface area contributed by atoms with Crippen LogP contribution in [0.2, 0.25) is 0 Å². The first-order chi connectivity index (χ1) is 17.1. The largest absolute Gasteiger partial charge is 0.383 e. The Morgan fingerprint density at radius 3 is 2.34 bits per heavy atom. The standard InChI is InChI=1S/C25H22N6O3S/c26-22-21(24(32)28-25(33)31(22)15-18-10-5-2-6-11-18)30(14-17-8-3-1-4-9-17)16-20-27-23(29-34-20)19-12-7-13-35-19/h1-13H,14-16,26H2,(H,28,32,33). The molecule has 2 aromatic carbocycles. The number of aromatic amines is 1. The summed E-state index contributed by atoms with van der Waals surface area (Å²) < 4.78 is 6.85. The van der Waals surface area contributed by atoms with Gasteiger partial charge in [0.1, 0.15) is 11.5 Å². The second kappa shape index (κ2) is 9.82. The molecule has 3 heterocycles. The topological polar surface area (TPSA) is 123 Å². The van der Waals surface area contributed by atoms with Crippen LogP contribution in [0.1, 0.15) is 17.0 Å². The first kappa shape index (κ1) is 22.4. The van der Waals surface area contributed by atoms with Crippen LogP contribution >= 0.6 is 11.3 Å². The van der Waals surface area contributed by atoms with E-state index in [-0.39, 0.29) is 24.6 Å². The summed E-state index contributed by atoms with van der Waals surface area (Å²) in [4.78, 5) is 35.2. The number of hydrogen-bond acceptors (Lipinski definition) is 8. The van der Waals surface area contributed by atoms with Gasteiger partial charge < -0.3 is 15.2 Å². The Morgan fingerprint density at radius 1 is 0.943 bits per heavy atom. The molecule has 0 unspecified atom stereocenters. The summed E-state index contributed by atoms with van der Waals surface area (Å²) >= 11 is 1.50. The van der Waals surface area contributed by atoms with E-state index in [9.17, 15) is 9.59 Å². The van der Waals surface area contributed by atoms with Gasteiger partial charge in [-0.1, -0.05) is 71.9 Å². The van der Waals surface area contributed by atoms with Crippen molar-refractivity contribution in [2.45, 2.75) is 19.6 Å². The Kier molecular flexibility index (Phi) is 6.27. The normalized spacial score (nSPS) is 11.0. The van der Waals surface area contributed by atoms with Crippen LogP contribution in [0.25, 0.3) is 10.7 Å². The lowest BCUT2D eigenvalue weighted by Crippen LogP contribution is -2.38. The highest BCUT2D eigenvalue weighted by atomic mass is 32.1. The minimum atomic E-state index is -0.578. The predicted octanol–water partition coefficient (Wildman–Crippen LogP) is 3.49. The second-order valence-electron chi connectivity index (χ2n) is 7.90. The Bertz CT molecular complexity index is 1530. The molecule has 3 aromatic heterocycles. The van der Waals surface area contributed by atoms with Gasteiger partial charge in [0.05, 0.1) is 18.0 Å². The third-order valence-electron chi connectivity index (χ3n) is 5.47. The van der Waals surface area contributed by atoms with E-state index in [1.54, 1.807) is 4.90 Å². The van der Waals surface area contributed by atoms with Crippen LogP contribution in [-0.4, -0.2) is 19.7 Å². The zero-order valence-electron chi connectivity index (χ0n) is 18.6. The van der Waals surface area contributed by atoms with E-state index in [4.69, 9.17) is 10.3 Å². The number of benzene rings is 2. The molecule has 0 saturated heterocycles. The second-order valence-corrected chi connectivity index (χ2v) is 8.84. The number of nitrogens with zero attached hydrogens (tertiary/aromatic N) is 4. The van der Waals surface area contributed by atoms with Crippen molar-refractivity contribution < 1.29 is 4.52 Å². The SMILES string of the molecule is Nc1c(N(Cc2ccccc2)Cc2nc(-c3cccs3)no2)c(=O)[nH]c(=O)n1Cc1ccccc1. The zero-order chi connectivity index (χ0) is 24.2. The fourth-order valence-corrected chi connectivity index (χ4v) is 4.46. The molecule has 0 aliphatic carbocycles. The van der Waals surface area contributed by atoms with E-state index < -0.39 is 11.2 Å². The van der Waals surface area contributed by atoms with Crippen molar-refractivity contribution in [3.8, 4) is 10.7 Å². The number of hydrogen-bond donors (Lipinski definition) is 2. The highest BCUT2D eigenvalue weighted by molar-refractivity contribution is 7.13. The summed E-state index contributed by atoms with van der Waals surface area (Å²) in [5.74, 6) is 0.867. The van der Waals surface area contributed by atoms with Crippen LogP contribution < -0.4 is 21.9 Å². The fourth-order valence-electron chi connectivity index (χ4n) is 3.81. The summed E-state index contributed by atoms with van der Waals surface area (Å²) in [5.41, 5.74) is 7.31. The van der Waals surface area contributed by atoms with Gasteiger partial charge in [-0.2, -0.15) is 4.98 Å². The van der Waals surface area contributed by atoms with Crippen molar-refractivity contribution in [1.82, 2.24) is 19.7 Å². The number of nitrogen functional groups attached to an aromatic ring is 1. The van der Waals surface area contributed by atoms with Crippen molar-refractivity contribution in [2.24, 2.45) is 0 Å². The van der Waals surface area contributed by atoms with Crippen LogP contribution in [-0.2, 0) is 19.6 Å². The van der Waals surface area contributed by atoms with Crippen molar-refractivity contribution in [3.05, 3.63) is 116 Å². The van der Waals surface area contributed by atoms with Crippen molar-refractivity contribution in [3.63, 3.8) is 0 Å². The first-order valence-corrected chi connectivity index (χ1v) is 11.8. The minimum Gasteiger partial charge on any atom is -0.383 e. The predicted molar refractivity (Wildman–Crippen MR) is 135 cm³/mol. The summed E-state index contributed by atoms with van der Waals surface area (Å²) in [5, 5.41) is 6.00. The van der Waals surface area contributed by atoms with Crippen molar-refractivity contribution in [2.75, 3.05) is 10.6 Å². The number of nitrogens with two attached hydrogens (primary N) is 1. The van der Waals surface area contributed by atoms with Gasteiger partial charge in [-0.3, -0.25) is 14.3 Å². The Hall–Kier alpha value is -4.44. The molecule has 3 N–H and O–H groups in total. The molecule has 0 aliphatic rings. The number of thiophene rings is 1. The molecule has 0 saturated carbocycles. The highest BCUT2D eigenvalue weighted by Gasteiger charge is 2.22. The lowest BCUT2D eigenvalue weighted by Gasteiger charge is -2.25. The molecule has 9 nitrogen and oxygen atoms in total. The summed E-state index contributed by atoms with van der Waals surface area (Å²) in [6, 6.07) is 22.9. The van der Waals surface area contributed by atoms with Crippen molar-refractivity contribution in [1.29, 1.82) is 0 Å². The van der Waals surface area contributed by atoms with E-state index in [1.165, 1.54) is 15.9 Å². The molecule has 0 amide bonds. The molecular formula is C25H22N6O3S. The lowest BCUT2D eigenvalue weighted by molar-refractivity contribution is 0.376. The van der Waals surface area contributed by atoms with Crippen molar-refractivity contribution >= 4 is 22.8 Å². The maximum Gasteiger partial charge on any atom is 0.330 e. The van der Waals surface area contributed by atoms with Gasteiger partial charge in [-0.15, -0.1) is 11.3 Å². The number of aromatic nitrogens is 4. The molecule has 176 valence electrons. The molecule has 0 bridgehead atoms. The lowest BCUT2D eigenvalue weighted by atomic mass is 10.2. The van der Waals surface area contributed by atoms with Gasteiger partial charge in [0.25, 0.3) is 5.56 Å². The maximum absolute atomic E-state index is 13.0. The van der Waals surface area contributed by atoms with Gasteiger partial charge in [0.2, 0.25) is 11.7 Å². The minimum absolute atomic E-state index is 0.0662. The molecule has 0 spiro atoms. The van der Waals surface area contributed by atoms with Gasteiger partial charge in [-0.05, 0) is 22.6 Å². The van der Waals surface area contributed by atoms with Crippen LogP contribution in [0.15, 0.2) is 92.3 Å². The molecule has 5 aromatic rings. The molecule has 0 radical (unpaired) electrons. The van der Waals surface area contributed by atoms with Gasteiger partial charge >= 0.3 is 5.69 Å². The quantitative estimate of drug-likeness (QED) is 0.344. The summed E-state index contributed by atoms with van der Waals surface area (Å²) in [6.45, 7) is 0.690. The van der Waals surface area contributed by atoms with Gasteiger partial charge in [-0.25, -0.2) is 4.79 Å². The molecular weight excluding hydrogens is 464 g/mol. The summed E-state index contributed by atoms with van der Waals surface area (Å²) in [6.07, 6.45) is 0. The maximum atomic E-state index is 13.0. The molecule has 5 rings (SSSR count). The van der Waals surface area contributed by atoms with E-state index in [2.05, 4.69) is 15.1 Å². The van der Waals surface area contributed by atoms with E-state index in [0.29, 0.717) is 18.3 Å². The van der Waals surface area contributed by atoms with Gasteiger partial charge in [0, 0.05) is 6.54 Å². The zero-order valence-corrected chi connectivity index (χ0v) is 19.4.